The summed E-state index contributed by atoms with van der Waals surface area (Å²) in [6.07, 6.45) is 5.02. The van der Waals surface area contributed by atoms with Crippen molar-refractivity contribution in [2.24, 2.45) is 9.98 Å². The van der Waals surface area contributed by atoms with Gasteiger partial charge in [-0.25, -0.2) is 9.98 Å². The minimum atomic E-state index is -1.85. The van der Waals surface area contributed by atoms with E-state index >= 15 is 0 Å². The van der Waals surface area contributed by atoms with Crippen LogP contribution >= 0.6 is 69.6 Å². The van der Waals surface area contributed by atoms with Crippen LogP contribution in [0, 0.1) is 0 Å². The number of amidine groups is 1. The molecule has 1 aromatic rings. The maximum absolute atomic E-state index is 5.88. The Morgan fingerprint density at radius 3 is 2.38 bits per heavy atom. The summed E-state index contributed by atoms with van der Waals surface area (Å²) in [5.74, 6) is 0.926. The van der Waals surface area contributed by atoms with Crippen molar-refractivity contribution >= 4 is 87.9 Å². The number of aliphatic imine (C=N–C) groups is 2. The molecule has 0 saturated heterocycles. The predicted molar refractivity (Wildman–Crippen MR) is 89.9 cm³/mol. The maximum Gasteiger partial charge on any atom is 0.270 e. The average Bonchev–Trinajstić information content (AvgIpc) is 2.87. The normalized spacial score (nSPS) is 20.2. The van der Waals surface area contributed by atoms with Crippen LogP contribution in [0.3, 0.4) is 0 Å². The molecule has 0 aromatic carbocycles. The second-order valence-corrected chi connectivity index (χ2v) is 8.46. The highest BCUT2D eigenvalue weighted by molar-refractivity contribution is 6.69. The summed E-state index contributed by atoms with van der Waals surface area (Å²) < 4.78 is 1.49. The van der Waals surface area contributed by atoms with Crippen LogP contribution in [0.1, 0.15) is 5.76 Å². The fourth-order valence-corrected chi connectivity index (χ4v) is 2.34. The molecule has 2 heterocycles. The number of nitrogens with zero attached hydrogens (tertiary/aromatic N) is 3. The van der Waals surface area contributed by atoms with Crippen molar-refractivity contribution < 1.29 is 4.42 Å². The van der Waals surface area contributed by atoms with E-state index in [1.54, 1.807) is 30.5 Å². The average molecular weight is 410 g/mol. The van der Waals surface area contributed by atoms with Crippen molar-refractivity contribution in [1.82, 2.24) is 4.90 Å². The van der Waals surface area contributed by atoms with Gasteiger partial charge < -0.3 is 4.42 Å². The maximum atomic E-state index is 5.88. The number of hydrogen-bond donors (Lipinski definition) is 0. The largest absolute Gasteiger partial charge is 0.465 e. The molecule has 0 radical (unpaired) electrons. The highest BCUT2D eigenvalue weighted by Crippen LogP contribution is 2.41. The van der Waals surface area contributed by atoms with Gasteiger partial charge in [-0.2, -0.15) is 0 Å². The fraction of sp³-hybridized carbons (Fsp3) is 0.273. The van der Waals surface area contributed by atoms with Gasteiger partial charge in [0.05, 0.1) is 12.6 Å². The minimum absolute atomic E-state index is 0.299. The first kappa shape index (κ1) is 17.3. The molecule has 21 heavy (non-hydrogen) atoms. The van der Waals surface area contributed by atoms with E-state index < -0.39 is 13.9 Å². The zero-order valence-corrected chi connectivity index (χ0v) is 14.6. The number of alkyl halides is 6. The third-order valence-corrected chi connectivity index (χ3v) is 3.53. The molecule has 2 rings (SSSR count). The van der Waals surface area contributed by atoms with Gasteiger partial charge in [0.25, 0.3) is 3.92 Å². The van der Waals surface area contributed by atoms with Gasteiger partial charge in [-0.05, 0) is 24.3 Å². The topological polar surface area (TPSA) is 41.1 Å². The first-order valence-electron chi connectivity index (χ1n) is 5.43. The van der Waals surface area contributed by atoms with E-state index in [-0.39, 0.29) is 0 Å². The third kappa shape index (κ3) is 4.68. The molecule has 0 saturated carbocycles. The number of furan rings is 1. The van der Waals surface area contributed by atoms with Crippen molar-refractivity contribution in [3.63, 3.8) is 0 Å². The molecule has 0 N–H and O–H groups in total. The molecule has 4 nitrogen and oxygen atoms in total. The van der Waals surface area contributed by atoms with E-state index in [1.807, 2.05) is 0 Å². The van der Waals surface area contributed by atoms with Crippen LogP contribution in [0.25, 0.3) is 6.08 Å². The fourth-order valence-electron chi connectivity index (χ4n) is 1.47. The summed E-state index contributed by atoms with van der Waals surface area (Å²) in [6.45, 7) is 0. The van der Waals surface area contributed by atoms with Crippen molar-refractivity contribution in [2.75, 3.05) is 0 Å². The Morgan fingerprint density at radius 2 is 1.86 bits per heavy atom. The summed E-state index contributed by atoms with van der Waals surface area (Å²) in [5.41, 5.74) is 0. The van der Waals surface area contributed by atoms with Crippen LogP contribution in [0.2, 0.25) is 0 Å². The van der Waals surface area contributed by atoms with Gasteiger partial charge in [-0.1, -0.05) is 69.6 Å². The zero-order chi connectivity index (χ0) is 15.7. The first-order chi connectivity index (χ1) is 9.68. The highest BCUT2D eigenvalue weighted by atomic mass is 35.6. The number of hydrogen-bond acceptors (Lipinski definition) is 4. The standard InChI is InChI=1S/C11H7Cl6N3O/c12-10(13,14)9-19-8(4-3-7-2-1-5-21-7)18-6-20(9)11(15,16)17/h1-6,9H. The number of rotatable bonds is 2. The summed E-state index contributed by atoms with van der Waals surface area (Å²) in [7, 11) is 0. The van der Waals surface area contributed by atoms with E-state index in [4.69, 9.17) is 74.0 Å². The minimum Gasteiger partial charge on any atom is -0.465 e. The van der Waals surface area contributed by atoms with E-state index in [0.29, 0.717) is 11.6 Å². The lowest BCUT2D eigenvalue weighted by Gasteiger charge is -2.37. The summed E-state index contributed by atoms with van der Waals surface area (Å²) in [4.78, 5) is 9.32. The smallest absolute Gasteiger partial charge is 0.270 e. The molecule has 1 atom stereocenters. The molecule has 114 valence electrons. The summed E-state index contributed by atoms with van der Waals surface area (Å²) in [5, 5.41) is 0. The van der Waals surface area contributed by atoms with Crippen LogP contribution in [-0.4, -0.2) is 30.9 Å². The van der Waals surface area contributed by atoms with Crippen molar-refractivity contribution in [1.29, 1.82) is 0 Å². The quantitative estimate of drug-likeness (QED) is 0.506. The first-order valence-corrected chi connectivity index (χ1v) is 7.70. The molecule has 1 aliphatic rings. The van der Waals surface area contributed by atoms with Gasteiger partial charge >= 0.3 is 0 Å². The van der Waals surface area contributed by atoms with Gasteiger partial charge in [-0.15, -0.1) is 0 Å². The Kier molecular flexibility index (Phi) is 5.40. The third-order valence-electron chi connectivity index (χ3n) is 2.36. The molecule has 0 aliphatic carbocycles. The number of halogens is 6. The van der Waals surface area contributed by atoms with E-state index in [1.165, 1.54) is 6.34 Å². The molecule has 1 unspecified atom stereocenters. The summed E-state index contributed by atoms with van der Waals surface area (Å²) in [6, 6.07) is 3.52. The van der Waals surface area contributed by atoms with Gasteiger partial charge in [0.15, 0.2) is 12.0 Å². The Bertz CT molecular complexity index is 570. The SMILES string of the molecule is ClC(Cl)(Cl)C1N=C(C=Cc2ccco2)N=CN1C(Cl)(Cl)Cl. The molecule has 10 heteroatoms. The molecule has 1 aromatic heterocycles. The van der Waals surface area contributed by atoms with Gasteiger partial charge in [0.2, 0.25) is 3.79 Å². The predicted octanol–water partition coefficient (Wildman–Crippen LogP) is 5.06. The van der Waals surface area contributed by atoms with Gasteiger partial charge in [-0.3, -0.25) is 4.90 Å². The highest BCUT2D eigenvalue weighted by Gasteiger charge is 2.45. The molecule has 0 amide bonds. The Hall–Kier alpha value is -0.100. The molecule has 0 fully saturated rings. The van der Waals surface area contributed by atoms with E-state index in [0.717, 1.165) is 4.90 Å². The Labute approximate surface area is 150 Å². The van der Waals surface area contributed by atoms with Gasteiger partial charge in [0.1, 0.15) is 5.76 Å². The van der Waals surface area contributed by atoms with Crippen molar-refractivity contribution in [3.8, 4) is 0 Å². The van der Waals surface area contributed by atoms with Crippen LogP contribution < -0.4 is 0 Å². The second-order valence-electron chi connectivity index (χ2n) is 3.87. The van der Waals surface area contributed by atoms with Crippen LogP contribution in [0.5, 0.6) is 0 Å². The van der Waals surface area contributed by atoms with Crippen LogP contribution in [0.15, 0.2) is 38.9 Å². The lowest BCUT2D eigenvalue weighted by atomic mass is 10.3. The molecular weight excluding hydrogens is 403 g/mol. The van der Waals surface area contributed by atoms with Crippen molar-refractivity contribution in [3.05, 3.63) is 30.2 Å². The molecule has 0 bridgehead atoms. The molecule has 1 aliphatic heterocycles. The molecule has 0 spiro atoms. The Morgan fingerprint density at radius 1 is 1.14 bits per heavy atom. The second kappa shape index (κ2) is 6.57. The monoisotopic (exact) mass is 407 g/mol. The Balaban J connectivity index is 2.26. The van der Waals surface area contributed by atoms with Crippen LogP contribution in [0.4, 0.5) is 0 Å². The van der Waals surface area contributed by atoms with Gasteiger partial charge in [0, 0.05) is 0 Å². The summed E-state index contributed by atoms with van der Waals surface area (Å²) >= 11 is 35.1. The van der Waals surface area contributed by atoms with Crippen LogP contribution in [-0.2, 0) is 0 Å². The lowest BCUT2D eigenvalue weighted by molar-refractivity contribution is 0.329. The van der Waals surface area contributed by atoms with E-state index in [2.05, 4.69) is 9.98 Å². The van der Waals surface area contributed by atoms with Crippen molar-refractivity contribution in [2.45, 2.75) is 13.9 Å². The van der Waals surface area contributed by atoms with E-state index in [9.17, 15) is 0 Å². The zero-order valence-electron chi connectivity index (χ0n) is 10.1. The molecular formula is C11H7Cl6N3O. The lowest BCUT2D eigenvalue weighted by Crippen LogP contribution is -2.50.